The van der Waals surface area contributed by atoms with E-state index in [1.54, 1.807) is 7.11 Å². The predicted molar refractivity (Wildman–Crippen MR) is 87.4 cm³/mol. The number of hydrogen-bond donors (Lipinski definition) is 1. The van der Waals surface area contributed by atoms with Gasteiger partial charge in [0, 0.05) is 12.2 Å². The van der Waals surface area contributed by atoms with Crippen molar-refractivity contribution in [3.63, 3.8) is 0 Å². The molecule has 0 saturated heterocycles. The Labute approximate surface area is 126 Å². The first-order valence-corrected chi connectivity index (χ1v) is 7.42. The zero-order chi connectivity index (χ0) is 14.9. The lowest BCUT2D eigenvalue weighted by Crippen LogP contribution is -2.12. The van der Waals surface area contributed by atoms with Crippen LogP contribution in [0.2, 0.25) is 0 Å². The normalized spacial score (nSPS) is 10.2. The molecule has 1 N–H and O–H groups in total. The molecule has 0 fully saturated rings. The minimum Gasteiger partial charge on any atom is -0.497 e. The molecule has 0 unspecified atom stereocenters. The number of ether oxygens (including phenoxy) is 2. The van der Waals surface area contributed by atoms with Crippen molar-refractivity contribution in [1.29, 1.82) is 0 Å². The molecule has 0 aliphatic heterocycles. The maximum atomic E-state index is 5.71. The zero-order valence-corrected chi connectivity index (χ0v) is 12.8. The van der Waals surface area contributed by atoms with Gasteiger partial charge in [0.1, 0.15) is 18.1 Å². The quantitative estimate of drug-likeness (QED) is 0.739. The van der Waals surface area contributed by atoms with E-state index in [-0.39, 0.29) is 0 Å². The first-order valence-electron chi connectivity index (χ1n) is 7.42. The predicted octanol–water partition coefficient (Wildman–Crippen LogP) is 4.14. The summed E-state index contributed by atoms with van der Waals surface area (Å²) in [7, 11) is 1.66. The Kier molecular flexibility index (Phi) is 5.95. The lowest BCUT2D eigenvalue weighted by molar-refractivity contribution is 0.331. The number of nitrogens with one attached hydrogen (secondary N) is 1. The van der Waals surface area contributed by atoms with E-state index in [9.17, 15) is 0 Å². The van der Waals surface area contributed by atoms with Gasteiger partial charge in [0.15, 0.2) is 0 Å². The first-order chi connectivity index (χ1) is 10.3. The van der Waals surface area contributed by atoms with Gasteiger partial charge >= 0.3 is 0 Å². The number of para-hydroxylation sites is 1. The highest BCUT2D eigenvalue weighted by molar-refractivity contribution is 5.51. The van der Waals surface area contributed by atoms with E-state index < -0.39 is 0 Å². The van der Waals surface area contributed by atoms with Crippen molar-refractivity contribution in [2.45, 2.75) is 19.8 Å². The van der Waals surface area contributed by atoms with E-state index in [0.29, 0.717) is 6.61 Å². The van der Waals surface area contributed by atoms with Gasteiger partial charge in [0.25, 0.3) is 0 Å². The summed E-state index contributed by atoms with van der Waals surface area (Å²) in [6, 6.07) is 16.1. The van der Waals surface area contributed by atoms with Crippen LogP contribution in [0, 0.1) is 0 Å². The average molecular weight is 285 g/mol. The minimum absolute atomic E-state index is 0.632. The van der Waals surface area contributed by atoms with E-state index in [2.05, 4.69) is 36.5 Å². The van der Waals surface area contributed by atoms with Crippen LogP contribution in [0.25, 0.3) is 0 Å². The van der Waals surface area contributed by atoms with Crippen molar-refractivity contribution in [3.05, 3.63) is 54.1 Å². The Hall–Kier alpha value is -2.16. The lowest BCUT2D eigenvalue weighted by atomic mass is 10.1. The highest BCUT2D eigenvalue weighted by Gasteiger charge is 2.00. The Morgan fingerprint density at radius 2 is 1.67 bits per heavy atom. The molecule has 0 saturated carbocycles. The maximum Gasteiger partial charge on any atom is 0.119 e. The van der Waals surface area contributed by atoms with E-state index in [4.69, 9.17) is 9.47 Å². The van der Waals surface area contributed by atoms with Crippen molar-refractivity contribution in [2.24, 2.45) is 0 Å². The summed E-state index contributed by atoms with van der Waals surface area (Å²) in [4.78, 5) is 0. The fraction of sp³-hybridized carbons (Fsp3) is 0.333. The summed E-state index contributed by atoms with van der Waals surface area (Å²) in [6.07, 6.45) is 2.25. The van der Waals surface area contributed by atoms with E-state index >= 15 is 0 Å². The third-order valence-electron chi connectivity index (χ3n) is 3.28. The number of hydrogen-bond acceptors (Lipinski definition) is 3. The van der Waals surface area contributed by atoms with Crippen LogP contribution in [0.1, 0.15) is 18.9 Å². The molecule has 0 aliphatic carbocycles. The van der Waals surface area contributed by atoms with Gasteiger partial charge in [-0.3, -0.25) is 0 Å². The summed E-state index contributed by atoms with van der Waals surface area (Å²) in [5.74, 6) is 1.70. The van der Waals surface area contributed by atoms with Crippen LogP contribution in [0.4, 0.5) is 5.69 Å². The van der Waals surface area contributed by atoms with Crippen molar-refractivity contribution in [2.75, 3.05) is 25.6 Å². The highest BCUT2D eigenvalue weighted by atomic mass is 16.5. The summed E-state index contributed by atoms with van der Waals surface area (Å²) >= 11 is 0. The molecule has 112 valence electrons. The molecule has 3 heteroatoms. The van der Waals surface area contributed by atoms with Gasteiger partial charge in [-0.2, -0.15) is 0 Å². The summed E-state index contributed by atoms with van der Waals surface area (Å²) < 4.78 is 10.8. The molecule has 0 radical (unpaired) electrons. The van der Waals surface area contributed by atoms with Crippen molar-refractivity contribution in [1.82, 2.24) is 0 Å². The number of aryl methyl sites for hydroxylation is 1. The first kappa shape index (κ1) is 15.2. The van der Waals surface area contributed by atoms with Gasteiger partial charge in [-0.15, -0.1) is 0 Å². The highest BCUT2D eigenvalue weighted by Crippen LogP contribution is 2.18. The summed E-state index contributed by atoms with van der Waals surface area (Å²) in [5.41, 5.74) is 2.57. The number of benzene rings is 2. The van der Waals surface area contributed by atoms with Crippen LogP contribution in [0.15, 0.2) is 48.5 Å². The van der Waals surface area contributed by atoms with Crippen molar-refractivity contribution < 1.29 is 9.47 Å². The second-order valence-electron chi connectivity index (χ2n) is 4.86. The van der Waals surface area contributed by atoms with E-state index in [1.165, 1.54) is 11.3 Å². The van der Waals surface area contributed by atoms with Gasteiger partial charge in [-0.1, -0.05) is 31.5 Å². The lowest BCUT2D eigenvalue weighted by Gasteiger charge is -2.12. The van der Waals surface area contributed by atoms with Gasteiger partial charge in [-0.05, 0) is 42.3 Å². The Morgan fingerprint density at radius 1 is 0.952 bits per heavy atom. The molecule has 0 aromatic heterocycles. The van der Waals surface area contributed by atoms with Crippen molar-refractivity contribution in [3.8, 4) is 11.5 Å². The average Bonchev–Trinajstić information content (AvgIpc) is 2.54. The third kappa shape index (κ3) is 4.71. The molecule has 0 atom stereocenters. The van der Waals surface area contributed by atoms with Gasteiger partial charge in [0.05, 0.1) is 7.11 Å². The molecule has 0 heterocycles. The van der Waals surface area contributed by atoms with Crippen LogP contribution < -0.4 is 14.8 Å². The van der Waals surface area contributed by atoms with Gasteiger partial charge in [-0.25, -0.2) is 0 Å². The second-order valence-corrected chi connectivity index (χ2v) is 4.86. The maximum absolute atomic E-state index is 5.71. The molecule has 0 bridgehead atoms. The monoisotopic (exact) mass is 285 g/mol. The number of methoxy groups -OCH3 is 1. The third-order valence-corrected chi connectivity index (χ3v) is 3.28. The van der Waals surface area contributed by atoms with Crippen LogP contribution in [0.3, 0.4) is 0 Å². The molecule has 21 heavy (non-hydrogen) atoms. The molecule has 2 aromatic carbocycles. The zero-order valence-electron chi connectivity index (χ0n) is 12.8. The van der Waals surface area contributed by atoms with Crippen LogP contribution in [-0.2, 0) is 6.42 Å². The molecule has 2 rings (SSSR count). The van der Waals surface area contributed by atoms with Gasteiger partial charge < -0.3 is 14.8 Å². The smallest absolute Gasteiger partial charge is 0.119 e. The second kappa shape index (κ2) is 8.20. The van der Waals surface area contributed by atoms with Crippen molar-refractivity contribution >= 4 is 5.69 Å². The fourth-order valence-corrected chi connectivity index (χ4v) is 2.21. The SMILES string of the molecule is CCCc1ccccc1NCCOc1ccc(OC)cc1. The Morgan fingerprint density at radius 3 is 2.38 bits per heavy atom. The standard InChI is InChI=1S/C18H23NO2/c1-3-6-15-7-4-5-8-18(15)19-13-14-21-17-11-9-16(20-2)10-12-17/h4-5,7-12,19H,3,6,13-14H2,1-2H3. The van der Waals surface area contributed by atoms with Crippen LogP contribution in [-0.4, -0.2) is 20.3 Å². The van der Waals surface area contributed by atoms with Crippen LogP contribution in [0.5, 0.6) is 11.5 Å². The molecule has 0 amide bonds. The molecular weight excluding hydrogens is 262 g/mol. The van der Waals surface area contributed by atoms with Crippen LogP contribution >= 0.6 is 0 Å². The molecule has 0 spiro atoms. The number of rotatable bonds is 8. The van der Waals surface area contributed by atoms with E-state index in [1.807, 2.05) is 24.3 Å². The fourth-order valence-electron chi connectivity index (χ4n) is 2.21. The molecular formula is C18H23NO2. The summed E-state index contributed by atoms with van der Waals surface area (Å²) in [5, 5.41) is 3.44. The Balaban J connectivity index is 1.79. The van der Waals surface area contributed by atoms with Gasteiger partial charge in [0.2, 0.25) is 0 Å². The minimum atomic E-state index is 0.632. The Bertz CT molecular complexity index is 537. The summed E-state index contributed by atoms with van der Waals surface area (Å²) in [6.45, 7) is 3.61. The molecule has 2 aromatic rings. The topological polar surface area (TPSA) is 30.5 Å². The largest absolute Gasteiger partial charge is 0.497 e. The van der Waals surface area contributed by atoms with E-state index in [0.717, 1.165) is 30.9 Å². The number of anilines is 1. The molecule has 0 aliphatic rings. The molecule has 3 nitrogen and oxygen atoms in total.